The molecule has 1 aliphatic rings. The predicted molar refractivity (Wildman–Crippen MR) is 67.2 cm³/mol. The van der Waals surface area contributed by atoms with Crippen molar-refractivity contribution in [1.82, 2.24) is 5.06 Å². The Morgan fingerprint density at radius 1 is 1.35 bits per heavy atom. The van der Waals surface area contributed by atoms with Crippen LogP contribution in [0, 0.1) is 5.92 Å². The van der Waals surface area contributed by atoms with Crippen LogP contribution in [0.25, 0.3) is 0 Å². The van der Waals surface area contributed by atoms with Crippen molar-refractivity contribution in [3.8, 4) is 0 Å². The Labute approximate surface area is 128 Å². The Morgan fingerprint density at radius 3 is 2.60 bits per heavy atom. The van der Waals surface area contributed by atoms with Gasteiger partial charge in [-0.3, -0.25) is 9.59 Å². The second kappa shape index (κ2) is 8.97. The Balaban J connectivity index is 2.10. The van der Waals surface area contributed by atoms with Crippen LogP contribution in [0.5, 0.6) is 0 Å². The number of amides is 2. The van der Waals surface area contributed by atoms with E-state index >= 15 is 0 Å². The Morgan fingerprint density at radius 2 is 2.00 bits per heavy atom. The maximum atomic E-state index is 11.3. The first-order valence-electron chi connectivity index (χ1n) is 6.67. The van der Waals surface area contributed by atoms with Crippen molar-refractivity contribution < 1.29 is 42.4 Å². The third-order valence-corrected chi connectivity index (χ3v) is 3.41. The number of carbonyl (C=O) groups is 3. The van der Waals surface area contributed by atoms with Gasteiger partial charge in [0, 0.05) is 12.8 Å². The van der Waals surface area contributed by atoms with Crippen LogP contribution in [0.1, 0.15) is 45.4 Å². The molecule has 0 aromatic heterocycles. The molecule has 0 N–H and O–H groups in total. The van der Waals surface area contributed by atoms with Gasteiger partial charge in [-0.2, -0.15) is 0 Å². The summed E-state index contributed by atoms with van der Waals surface area (Å²) < 4.78 is 6.94. The van der Waals surface area contributed by atoms with E-state index in [1.165, 1.54) is 0 Å². The molecule has 1 atom stereocenters. The molecule has 1 saturated heterocycles. The number of ether oxygens (including phenoxy) is 1. The molecule has 1 aliphatic heterocycles. The van der Waals surface area contributed by atoms with Crippen LogP contribution < -0.4 is 0 Å². The summed E-state index contributed by atoms with van der Waals surface area (Å²) in [5.41, 5.74) is 0. The third-order valence-electron chi connectivity index (χ3n) is 2.97. The summed E-state index contributed by atoms with van der Waals surface area (Å²) in [5, 5.41) is 0.487. The van der Waals surface area contributed by atoms with Crippen LogP contribution in [0.3, 0.4) is 0 Å². The molecule has 1 unspecified atom stereocenters. The zero-order valence-corrected chi connectivity index (χ0v) is 13.3. The average molecular weight is 367 g/mol. The molecule has 0 bridgehead atoms. The van der Waals surface area contributed by atoms with Crippen LogP contribution in [0.4, 0.5) is 4.79 Å². The minimum Gasteiger partial charge on any atom is -0.271 e. The zero-order valence-electron chi connectivity index (χ0n) is 11.5. The molecule has 1 heterocycles. The summed E-state index contributed by atoms with van der Waals surface area (Å²) in [5.74, 6) is -0.384. The molecule has 0 saturated carbocycles. The van der Waals surface area contributed by atoms with Gasteiger partial charge in [0.2, 0.25) is 0 Å². The molecule has 20 heavy (non-hydrogen) atoms. The number of hydroxylamine groups is 2. The number of nitrogens with zero attached hydrogens (tertiary/aromatic N) is 1. The Hall–Kier alpha value is -1.07. The fraction of sp³-hybridized carbons (Fsp3) is 0.692. The molecule has 0 aromatic rings. The number of rotatable bonds is 8. The molecule has 0 aliphatic carbocycles. The first-order chi connectivity index (χ1) is 9.54. The van der Waals surface area contributed by atoms with Crippen LogP contribution in [0.2, 0.25) is 0 Å². The van der Waals surface area contributed by atoms with Gasteiger partial charge in [0.25, 0.3) is 0 Å². The fourth-order valence-corrected chi connectivity index (χ4v) is 2.53. The van der Waals surface area contributed by atoms with E-state index in [1.807, 2.05) is 0 Å². The van der Waals surface area contributed by atoms with Gasteiger partial charge in [0.05, 0.1) is 0 Å². The van der Waals surface area contributed by atoms with Crippen molar-refractivity contribution in [3.05, 3.63) is 0 Å². The number of carbonyl (C=O) groups excluding carboxylic acids is 3. The summed E-state index contributed by atoms with van der Waals surface area (Å²) in [6.07, 6.45) is 3.00. The zero-order chi connectivity index (χ0) is 15.0. The molecular formula is C13H19NO5Tc. The Kier molecular flexibility index (Phi) is 7.62. The van der Waals surface area contributed by atoms with E-state index in [4.69, 9.17) is 4.74 Å². The SMILES string of the molecule is CC(C[CH]=[Tc])CCCCOC(=O)ON1C(=O)CCC1=O. The van der Waals surface area contributed by atoms with Crippen molar-refractivity contribution in [2.24, 2.45) is 5.92 Å². The number of imide groups is 1. The molecule has 0 spiro atoms. The van der Waals surface area contributed by atoms with Crippen molar-refractivity contribution in [1.29, 1.82) is 0 Å². The summed E-state index contributed by atoms with van der Waals surface area (Å²) in [4.78, 5) is 38.3. The molecule has 6 nitrogen and oxygen atoms in total. The van der Waals surface area contributed by atoms with Crippen molar-refractivity contribution in [2.75, 3.05) is 6.61 Å². The molecule has 0 aromatic carbocycles. The molecular weight excluding hydrogens is 348 g/mol. The number of hydrogen-bond donors (Lipinski definition) is 0. The first-order valence-corrected chi connectivity index (χ1v) is 7.74. The smallest absolute Gasteiger partial charge is 0.271 e. The molecule has 2 amide bonds. The van der Waals surface area contributed by atoms with Gasteiger partial charge in [-0.15, -0.1) is 0 Å². The van der Waals surface area contributed by atoms with Crippen LogP contribution >= 0.6 is 0 Å². The molecule has 1 rings (SSSR count). The minimum atomic E-state index is -0.998. The van der Waals surface area contributed by atoms with E-state index < -0.39 is 18.0 Å². The maximum absolute atomic E-state index is 11.3. The fourth-order valence-electron chi connectivity index (χ4n) is 1.78. The van der Waals surface area contributed by atoms with Crippen molar-refractivity contribution in [2.45, 2.75) is 45.4 Å². The van der Waals surface area contributed by atoms with Gasteiger partial charge in [0.1, 0.15) is 0 Å². The third kappa shape index (κ3) is 5.92. The van der Waals surface area contributed by atoms with Gasteiger partial charge in [-0.05, 0) is 0 Å². The van der Waals surface area contributed by atoms with E-state index in [0.29, 0.717) is 11.0 Å². The number of unbranched alkanes of at least 4 members (excludes halogenated alkanes) is 1. The quantitative estimate of drug-likeness (QED) is 0.371. The van der Waals surface area contributed by atoms with Gasteiger partial charge >= 0.3 is 106 Å². The topological polar surface area (TPSA) is 72.9 Å². The monoisotopic (exact) mass is 366 g/mol. The minimum absolute atomic E-state index is 0.0812. The van der Waals surface area contributed by atoms with E-state index in [0.717, 1.165) is 25.7 Å². The van der Waals surface area contributed by atoms with Gasteiger partial charge < -0.3 is 0 Å². The molecule has 7 heteroatoms. The molecule has 0 radical (unpaired) electrons. The molecule has 113 valence electrons. The van der Waals surface area contributed by atoms with E-state index in [9.17, 15) is 14.4 Å². The van der Waals surface area contributed by atoms with E-state index in [2.05, 4.69) is 34.7 Å². The van der Waals surface area contributed by atoms with Crippen LogP contribution in [0.15, 0.2) is 0 Å². The summed E-state index contributed by atoms with van der Waals surface area (Å²) >= 11 is 2.24. The summed E-state index contributed by atoms with van der Waals surface area (Å²) in [6.45, 7) is 2.41. The second-order valence-electron chi connectivity index (χ2n) is 4.76. The predicted octanol–water partition coefficient (Wildman–Crippen LogP) is 1.75. The first kappa shape index (κ1) is 17.0. The van der Waals surface area contributed by atoms with Gasteiger partial charge in [0.15, 0.2) is 0 Å². The van der Waals surface area contributed by atoms with E-state index in [1.54, 1.807) is 0 Å². The van der Waals surface area contributed by atoms with Gasteiger partial charge in [-0.1, -0.05) is 0 Å². The van der Waals surface area contributed by atoms with Crippen LogP contribution in [-0.4, -0.2) is 34.2 Å². The normalized spacial score (nSPS) is 16.1. The summed E-state index contributed by atoms with van der Waals surface area (Å²) in [6, 6.07) is 0. The van der Waals surface area contributed by atoms with Crippen molar-refractivity contribution >= 4 is 22.5 Å². The van der Waals surface area contributed by atoms with Crippen molar-refractivity contribution in [3.63, 3.8) is 0 Å². The average Bonchev–Trinajstić information content (AvgIpc) is 2.70. The number of hydrogen-bond acceptors (Lipinski definition) is 5. The van der Waals surface area contributed by atoms with Crippen LogP contribution in [-0.2, 0) is 37.6 Å². The standard InChI is InChI=1S/C13H19NO5.Tc/c1-3-10(2)6-4-5-9-18-13(17)19-14-11(15)7-8-12(14)16;/h1,10H,3-9H2,2H3;. The molecule has 1 fully saturated rings. The van der Waals surface area contributed by atoms with Gasteiger partial charge in [-0.25, -0.2) is 0 Å². The second-order valence-corrected chi connectivity index (χ2v) is 5.52. The van der Waals surface area contributed by atoms with E-state index in [-0.39, 0.29) is 19.4 Å². The summed E-state index contributed by atoms with van der Waals surface area (Å²) in [7, 11) is 0. The Bertz CT molecular complexity index is 369.